The van der Waals surface area contributed by atoms with Crippen LogP contribution in [0.25, 0.3) is 0 Å². The van der Waals surface area contributed by atoms with Crippen molar-refractivity contribution in [1.29, 1.82) is 0 Å². The minimum absolute atomic E-state index is 0.576. The summed E-state index contributed by atoms with van der Waals surface area (Å²) in [5.74, 6) is 0. The average molecular weight is 226 g/mol. The van der Waals surface area contributed by atoms with Gasteiger partial charge < -0.3 is 10.2 Å². The summed E-state index contributed by atoms with van der Waals surface area (Å²) >= 11 is 0. The van der Waals surface area contributed by atoms with Crippen LogP contribution in [0.1, 0.15) is 53.9 Å². The first-order valence-corrected chi connectivity index (χ1v) is 6.88. The number of nitrogens with one attached hydrogen (secondary N) is 1. The van der Waals surface area contributed by atoms with E-state index < -0.39 is 0 Å². The van der Waals surface area contributed by atoms with Gasteiger partial charge in [-0.2, -0.15) is 0 Å². The molecule has 16 heavy (non-hydrogen) atoms. The Labute approximate surface area is 102 Å². The van der Waals surface area contributed by atoms with Crippen molar-refractivity contribution in [3.63, 3.8) is 0 Å². The molecule has 0 amide bonds. The maximum absolute atomic E-state index is 3.51. The Kier molecular flexibility index (Phi) is 5.26. The van der Waals surface area contributed by atoms with Crippen LogP contribution in [0.5, 0.6) is 0 Å². The molecule has 0 aliphatic carbocycles. The molecule has 1 aliphatic rings. The van der Waals surface area contributed by atoms with Crippen molar-refractivity contribution in [2.24, 2.45) is 5.41 Å². The smallest absolute Gasteiger partial charge is 0.00790 e. The molecular weight excluding hydrogens is 196 g/mol. The molecule has 1 saturated heterocycles. The Balaban J connectivity index is 2.20. The van der Waals surface area contributed by atoms with Gasteiger partial charge in [0.15, 0.2) is 0 Å². The van der Waals surface area contributed by atoms with Crippen molar-refractivity contribution in [3.8, 4) is 0 Å². The molecule has 1 N–H and O–H groups in total. The minimum atomic E-state index is 0.576. The van der Waals surface area contributed by atoms with Crippen molar-refractivity contribution in [1.82, 2.24) is 10.2 Å². The summed E-state index contributed by atoms with van der Waals surface area (Å²) < 4.78 is 0. The second-order valence-corrected chi connectivity index (χ2v) is 6.45. The molecule has 0 saturated carbocycles. The first-order chi connectivity index (χ1) is 7.41. The molecule has 0 aromatic carbocycles. The molecule has 0 radical (unpaired) electrons. The summed E-state index contributed by atoms with van der Waals surface area (Å²) in [6, 6.07) is 1.36. The van der Waals surface area contributed by atoms with Crippen LogP contribution in [0.2, 0.25) is 0 Å². The normalized spacial score (nSPS) is 23.6. The first kappa shape index (κ1) is 14.0. The Morgan fingerprint density at radius 3 is 2.19 bits per heavy atom. The van der Waals surface area contributed by atoms with E-state index in [-0.39, 0.29) is 0 Å². The topological polar surface area (TPSA) is 15.3 Å². The molecule has 1 heterocycles. The van der Waals surface area contributed by atoms with Gasteiger partial charge in [-0.1, -0.05) is 27.7 Å². The van der Waals surface area contributed by atoms with E-state index in [0.29, 0.717) is 11.5 Å². The summed E-state index contributed by atoms with van der Waals surface area (Å²) in [5.41, 5.74) is 0.576. The van der Waals surface area contributed by atoms with E-state index in [0.717, 1.165) is 12.6 Å². The molecule has 0 bridgehead atoms. The van der Waals surface area contributed by atoms with Crippen LogP contribution in [-0.2, 0) is 0 Å². The third kappa shape index (κ3) is 4.84. The van der Waals surface area contributed by atoms with Crippen LogP contribution in [0.4, 0.5) is 0 Å². The Morgan fingerprint density at radius 1 is 1.12 bits per heavy atom. The predicted octanol–water partition coefficient (Wildman–Crippen LogP) is 2.89. The highest BCUT2D eigenvalue weighted by atomic mass is 15.2. The number of hydrogen-bond donors (Lipinski definition) is 1. The van der Waals surface area contributed by atoms with Gasteiger partial charge in [0.25, 0.3) is 0 Å². The van der Waals surface area contributed by atoms with Gasteiger partial charge in [-0.25, -0.2) is 0 Å². The van der Waals surface area contributed by atoms with Crippen molar-refractivity contribution >= 4 is 0 Å². The predicted molar refractivity (Wildman–Crippen MR) is 71.8 cm³/mol. The van der Waals surface area contributed by atoms with Crippen LogP contribution in [-0.4, -0.2) is 36.6 Å². The zero-order valence-corrected chi connectivity index (χ0v) is 11.8. The van der Waals surface area contributed by atoms with E-state index in [9.17, 15) is 0 Å². The second-order valence-electron chi connectivity index (χ2n) is 6.45. The average Bonchev–Trinajstić information content (AvgIpc) is 2.16. The maximum atomic E-state index is 3.51. The SMILES string of the molecule is CC(C)NCCC(C)N1CCC(C)(C)CC1. The summed E-state index contributed by atoms with van der Waals surface area (Å²) in [5, 5.41) is 3.51. The fourth-order valence-corrected chi connectivity index (χ4v) is 2.33. The van der Waals surface area contributed by atoms with Gasteiger partial charge in [0.05, 0.1) is 0 Å². The van der Waals surface area contributed by atoms with Crippen LogP contribution < -0.4 is 5.32 Å². The monoisotopic (exact) mass is 226 g/mol. The molecule has 1 fully saturated rings. The van der Waals surface area contributed by atoms with Crippen LogP contribution >= 0.6 is 0 Å². The molecule has 1 unspecified atom stereocenters. The largest absolute Gasteiger partial charge is 0.314 e. The van der Waals surface area contributed by atoms with E-state index in [1.165, 1.54) is 32.4 Å². The molecule has 2 heteroatoms. The van der Waals surface area contributed by atoms with E-state index >= 15 is 0 Å². The molecule has 96 valence electrons. The van der Waals surface area contributed by atoms with Gasteiger partial charge >= 0.3 is 0 Å². The van der Waals surface area contributed by atoms with Gasteiger partial charge in [-0.15, -0.1) is 0 Å². The number of hydrogen-bond acceptors (Lipinski definition) is 2. The van der Waals surface area contributed by atoms with Crippen LogP contribution in [0.3, 0.4) is 0 Å². The number of rotatable bonds is 5. The summed E-state index contributed by atoms with van der Waals surface area (Å²) in [4.78, 5) is 2.66. The van der Waals surface area contributed by atoms with Gasteiger partial charge in [-0.3, -0.25) is 0 Å². The number of likely N-dealkylation sites (tertiary alicyclic amines) is 1. The fraction of sp³-hybridized carbons (Fsp3) is 1.00. The number of piperidine rings is 1. The highest BCUT2D eigenvalue weighted by molar-refractivity contribution is 4.81. The number of nitrogens with zero attached hydrogens (tertiary/aromatic N) is 1. The van der Waals surface area contributed by atoms with Gasteiger partial charge in [-0.05, 0) is 51.2 Å². The zero-order valence-electron chi connectivity index (χ0n) is 11.8. The third-order valence-electron chi connectivity index (χ3n) is 3.89. The fourth-order valence-electron chi connectivity index (χ4n) is 2.33. The summed E-state index contributed by atoms with van der Waals surface area (Å²) in [6.07, 6.45) is 3.99. The molecule has 0 spiro atoms. The Morgan fingerprint density at radius 2 is 1.69 bits per heavy atom. The van der Waals surface area contributed by atoms with Crippen LogP contribution in [0, 0.1) is 5.41 Å². The lowest BCUT2D eigenvalue weighted by Gasteiger charge is -2.40. The Hall–Kier alpha value is -0.0800. The van der Waals surface area contributed by atoms with Gasteiger partial charge in [0.1, 0.15) is 0 Å². The first-order valence-electron chi connectivity index (χ1n) is 6.88. The second kappa shape index (κ2) is 6.02. The highest BCUT2D eigenvalue weighted by Crippen LogP contribution is 2.30. The zero-order chi connectivity index (χ0) is 12.2. The lowest BCUT2D eigenvalue weighted by Crippen LogP contribution is -2.43. The van der Waals surface area contributed by atoms with E-state index in [1.807, 2.05) is 0 Å². The van der Waals surface area contributed by atoms with Crippen molar-refractivity contribution < 1.29 is 0 Å². The van der Waals surface area contributed by atoms with Gasteiger partial charge in [0, 0.05) is 12.1 Å². The van der Waals surface area contributed by atoms with Crippen molar-refractivity contribution in [2.75, 3.05) is 19.6 Å². The molecule has 2 nitrogen and oxygen atoms in total. The Bertz CT molecular complexity index is 189. The van der Waals surface area contributed by atoms with Crippen molar-refractivity contribution in [3.05, 3.63) is 0 Å². The van der Waals surface area contributed by atoms with E-state index in [1.54, 1.807) is 0 Å². The summed E-state index contributed by atoms with van der Waals surface area (Å²) in [7, 11) is 0. The third-order valence-corrected chi connectivity index (χ3v) is 3.89. The van der Waals surface area contributed by atoms with Gasteiger partial charge in [0.2, 0.25) is 0 Å². The molecule has 1 rings (SSSR count). The lowest BCUT2D eigenvalue weighted by atomic mass is 9.82. The van der Waals surface area contributed by atoms with Crippen LogP contribution in [0.15, 0.2) is 0 Å². The van der Waals surface area contributed by atoms with Crippen molar-refractivity contribution in [2.45, 2.75) is 66.0 Å². The quantitative estimate of drug-likeness (QED) is 0.775. The van der Waals surface area contributed by atoms with E-state index in [2.05, 4.69) is 44.8 Å². The highest BCUT2D eigenvalue weighted by Gasteiger charge is 2.27. The standard InChI is InChI=1S/C14H30N2/c1-12(2)15-9-6-13(3)16-10-7-14(4,5)8-11-16/h12-13,15H,6-11H2,1-5H3. The molecule has 0 aromatic heterocycles. The molecule has 0 aromatic rings. The molecule has 1 atom stereocenters. The minimum Gasteiger partial charge on any atom is -0.314 e. The maximum Gasteiger partial charge on any atom is 0.00790 e. The summed E-state index contributed by atoms with van der Waals surface area (Å²) in [6.45, 7) is 15.3. The molecule has 1 aliphatic heterocycles. The van der Waals surface area contributed by atoms with E-state index in [4.69, 9.17) is 0 Å². The lowest BCUT2D eigenvalue weighted by molar-refractivity contribution is 0.0966. The molecular formula is C14H30N2.